The Labute approximate surface area is 115 Å². The molecule has 2 saturated carbocycles. The molecule has 0 aromatic heterocycles. The van der Waals surface area contributed by atoms with E-state index in [0.717, 1.165) is 25.0 Å². The molecule has 1 aromatic carbocycles. The zero-order valence-corrected chi connectivity index (χ0v) is 11.8. The Kier molecular flexibility index (Phi) is 3.53. The number of benzene rings is 1. The summed E-state index contributed by atoms with van der Waals surface area (Å²) in [4.78, 5) is 0. The van der Waals surface area contributed by atoms with Crippen LogP contribution in [0.15, 0.2) is 24.3 Å². The van der Waals surface area contributed by atoms with Crippen molar-refractivity contribution >= 4 is 0 Å². The van der Waals surface area contributed by atoms with Crippen molar-refractivity contribution in [1.82, 2.24) is 0 Å². The summed E-state index contributed by atoms with van der Waals surface area (Å²) in [5.74, 6) is 0.950. The molecule has 0 radical (unpaired) electrons. The molecule has 2 aliphatic rings. The van der Waals surface area contributed by atoms with Crippen molar-refractivity contribution in [1.29, 1.82) is 0 Å². The SMILES string of the molecule is Cc1ccc(OC2CC(O)C23CCCCCC3)cc1. The minimum absolute atomic E-state index is 0.0430. The topological polar surface area (TPSA) is 29.5 Å². The first kappa shape index (κ1) is 13.0. The Balaban J connectivity index is 1.72. The molecule has 2 nitrogen and oxygen atoms in total. The van der Waals surface area contributed by atoms with Crippen molar-refractivity contribution in [3.63, 3.8) is 0 Å². The molecule has 0 aliphatic heterocycles. The average molecular weight is 260 g/mol. The summed E-state index contributed by atoms with van der Waals surface area (Å²) >= 11 is 0. The van der Waals surface area contributed by atoms with Crippen LogP contribution in [0.2, 0.25) is 0 Å². The van der Waals surface area contributed by atoms with E-state index < -0.39 is 0 Å². The van der Waals surface area contributed by atoms with Gasteiger partial charge in [-0.3, -0.25) is 0 Å². The van der Waals surface area contributed by atoms with E-state index in [0.29, 0.717) is 0 Å². The third-order valence-corrected chi connectivity index (χ3v) is 5.08. The summed E-state index contributed by atoms with van der Waals surface area (Å²) in [6.07, 6.45) is 8.22. The van der Waals surface area contributed by atoms with Gasteiger partial charge in [0.2, 0.25) is 0 Å². The maximum Gasteiger partial charge on any atom is 0.119 e. The summed E-state index contributed by atoms with van der Waals surface area (Å²) in [5, 5.41) is 10.3. The number of aliphatic hydroxyl groups excluding tert-OH is 1. The largest absolute Gasteiger partial charge is 0.490 e. The third-order valence-electron chi connectivity index (χ3n) is 5.08. The van der Waals surface area contributed by atoms with E-state index in [2.05, 4.69) is 19.1 Å². The molecule has 1 aromatic rings. The van der Waals surface area contributed by atoms with Gasteiger partial charge in [0, 0.05) is 11.8 Å². The third kappa shape index (κ3) is 2.38. The summed E-state index contributed by atoms with van der Waals surface area (Å²) < 4.78 is 6.16. The molecule has 2 fully saturated rings. The van der Waals surface area contributed by atoms with Crippen molar-refractivity contribution in [3.05, 3.63) is 29.8 Å². The van der Waals surface area contributed by atoms with E-state index in [-0.39, 0.29) is 17.6 Å². The average Bonchev–Trinajstić information content (AvgIpc) is 2.68. The Morgan fingerprint density at radius 3 is 2.26 bits per heavy atom. The lowest BCUT2D eigenvalue weighted by atomic mass is 9.59. The van der Waals surface area contributed by atoms with Gasteiger partial charge >= 0.3 is 0 Å². The molecule has 19 heavy (non-hydrogen) atoms. The molecule has 2 atom stereocenters. The standard InChI is InChI=1S/C17H24O2/c1-13-6-8-14(9-7-13)19-16-12-15(18)17(16)10-4-2-3-5-11-17/h6-9,15-16,18H,2-5,10-12H2,1H3. The van der Waals surface area contributed by atoms with Crippen LogP contribution in [0.25, 0.3) is 0 Å². The van der Waals surface area contributed by atoms with Gasteiger partial charge in [-0.1, -0.05) is 43.4 Å². The minimum atomic E-state index is -0.152. The number of aryl methyl sites for hydroxylation is 1. The predicted molar refractivity (Wildman–Crippen MR) is 76.4 cm³/mol. The molecular formula is C17H24O2. The normalized spacial score (nSPS) is 29.6. The second kappa shape index (κ2) is 5.16. The number of hydrogen-bond acceptors (Lipinski definition) is 2. The van der Waals surface area contributed by atoms with Gasteiger partial charge in [0.1, 0.15) is 11.9 Å². The minimum Gasteiger partial charge on any atom is -0.490 e. The van der Waals surface area contributed by atoms with Gasteiger partial charge in [-0.25, -0.2) is 0 Å². The lowest BCUT2D eigenvalue weighted by Gasteiger charge is -2.53. The summed E-state index contributed by atoms with van der Waals surface area (Å²) in [6.45, 7) is 2.09. The molecule has 0 amide bonds. The van der Waals surface area contributed by atoms with Crippen LogP contribution >= 0.6 is 0 Å². The molecule has 1 spiro atoms. The van der Waals surface area contributed by atoms with E-state index in [4.69, 9.17) is 4.74 Å². The molecule has 2 unspecified atom stereocenters. The first-order valence-electron chi connectivity index (χ1n) is 7.62. The maximum atomic E-state index is 10.3. The van der Waals surface area contributed by atoms with Crippen LogP contribution in [0.5, 0.6) is 5.75 Å². The fourth-order valence-electron chi connectivity index (χ4n) is 3.71. The van der Waals surface area contributed by atoms with Gasteiger partial charge in [-0.05, 0) is 31.9 Å². The van der Waals surface area contributed by atoms with Crippen LogP contribution in [-0.4, -0.2) is 17.3 Å². The van der Waals surface area contributed by atoms with Crippen LogP contribution in [0.4, 0.5) is 0 Å². The van der Waals surface area contributed by atoms with E-state index in [9.17, 15) is 5.11 Å². The van der Waals surface area contributed by atoms with E-state index in [1.165, 1.54) is 31.2 Å². The highest BCUT2D eigenvalue weighted by molar-refractivity contribution is 5.27. The molecule has 0 bridgehead atoms. The van der Waals surface area contributed by atoms with E-state index in [1.807, 2.05) is 12.1 Å². The number of ether oxygens (including phenoxy) is 1. The smallest absolute Gasteiger partial charge is 0.119 e. The lowest BCUT2D eigenvalue weighted by molar-refractivity contribution is -0.163. The monoisotopic (exact) mass is 260 g/mol. The molecule has 2 heteroatoms. The molecule has 3 rings (SSSR count). The fourth-order valence-corrected chi connectivity index (χ4v) is 3.71. The Morgan fingerprint density at radius 2 is 1.68 bits per heavy atom. The van der Waals surface area contributed by atoms with Crippen molar-refractivity contribution in [2.24, 2.45) is 5.41 Å². The van der Waals surface area contributed by atoms with Crippen LogP contribution in [-0.2, 0) is 0 Å². The van der Waals surface area contributed by atoms with Gasteiger partial charge in [-0.2, -0.15) is 0 Å². The van der Waals surface area contributed by atoms with Gasteiger partial charge in [0.15, 0.2) is 0 Å². The highest BCUT2D eigenvalue weighted by Crippen LogP contribution is 2.52. The second-order valence-electron chi connectivity index (χ2n) is 6.32. The van der Waals surface area contributed by atoms with E-state index in [1.54, 1.807) is 0 Å². The van der Waals surface area contributed by atoms with Crippen molar-refractivity contribution in [2.75, 3.05) is 0 Å². The Bertz CT molecular complexity index is 415. The molecule has 0 heterocycles. The number of hydrogen-bond donors (Lipinski definition) is 1. The van der Waals surface area contributed by atoms with Gasteiger partial charge in [0.05, 0.1) is 6.10 Å². The number of rotatable bonds is 2. The summed E-state index contributed by atoms with van der Waals surface area (Å²) in [7, 11) is 0. The van der Waals surface area contributed by atoms with Crippen molar-refractivity contribution in [2.45, 2.75) is 64.1 Å². The van der Waals surface area contributed by atoms with Crippen molar-refractivity contribution < 1.29 is 9.84 Å². The van der Waals surface area contributed by atoms with Gasteiger partial charge in [0.25, 0.3) is 0 Å². The van der Waals surface area contributed by atoms with Crippen LogP contribution < -0.4 is 4.74 Å². The highest BCUT2D eigenvalue weighted by atomic mass is 16.5. The fraction of sp³-hybridized carbons (Fsp3) is 0.647. The van der Waals surface area contributed by atoms with Gasteiger partial charge in [-0.15, -0.1) is 0 Å². The molecule has 2 aliphatic carbocycles. The summed E-state index contributed by atoms with van der Waals surface area (Å²) in [6, 6.07) is 8.27. The molecular weight excluding hydrogens is 236 g/mol. The van der Waals surface area contributed by atoms with Crippen LogP contribution in [0.1, 0.15) is 50.5 Å². The number of aliphatic hydroxyl groups is 1. The molecule has 0 saturated heterocycles. The Hall–Kier alpha value is -1.02. The zero-order chi connectivity index (χ0) is 13.3. The van der Waals surface area contributed by atoms with Crippen LogP contribution in [0.3, 0.4) is 0 Å². The first-order chi connectivity index (χ1) is 9.21. The van der Waals surface area contributed by atoms with Crippen molar-refractivity contribution in [3.8, 4) is 5.75 Å². The molecule has 1 N–H and O–H groups in total. The van der Waals surface area contributed by atoms with Crippen LogP contribution in [0, 0.1) is 12.3 Å². The van der Waals surface area contributed by atoms with E-state index >= 15 is 0 Å². The molecule has 104 valence electrons. The first-order valence-corrected chi connectivity index (χ1v) is 7.62. The zero-order valence-electron chi connectivity index (χ0n) is 11.8. The highest BCUT2D eigenvalue weighted by Gasteiger charge is 2.55. The predicted octanol–water partition coefficient (Wildman–Crippen LogP) is 3.85. The lowest BCUT2D eigenvalue weighted by Crippen LogP contribution is -2.59. The Morgan fingerprint density at radius 1 is 1.05 bits per heavy atom. The van der Waals surface area contributed by atoms with Gasteiger partial charge < -0.3 is 9.84 Å². The second-order valence-corrected chi connectivity index (χ2v) is 6.32. The maximum absolute atomic E-state index is 10.3. The quantitative estimate of drug-likeness (QED) is 0.875. The summed E-state index contributed by atoms with van der Waals surface area (Å²) in [5.41, 5.74) is 1.30.